The maximum atomic E-state index is 5.61. The van der Waals surface area contributed by atoms with Gasteiger partial charge in [0.25, 0.3) is 0 Å². The lowest BCUT2D eigenvalue weighted by atomic mass is 9.83. The fourth-order valence-corrected chi connectivity index (χ4v) is 3.56. The second-order valence-electron chi connectivity index (χ2n) is 5.84. The molecule has 0 bridgehead atoms. The van der Waals surface area contributed by atoms with Gasteiger partial charge in [0.15, 0.2) is 0 Å². The van der Waals surface area contributed by atoms with E-state index in [0.717, 1.165) is 38.3 Å². The lowest BCUT2D eigenvalue weighted by Gasteiger charge is -2.41. The third-order valence-electron chi connectivity index (χ3n) is 4.67. The molecule has 1 saturated carbocycles. The topological polar surface area (TPSA) is 24.5 Å². The molecule has 3 heteroatoms. The first-order valence-electron chi connectivity index (χ1n) is 7.90. The third-order valence-corrected chi connectivity index (χ3v) is 4.67. The quantitative estimate of drug-likeness (QED) is 0.814. The van der Waals surface area contributed by atoms with E-state index in [0.29, 0.717) is 6.04 Å². The van der Waals surface area contributed by atoms with E-state index in [2.05, 4.69) is 24.1 Å². The third kappa shape index (κ3) is 3.69. The molecule has 1 heterocycles. The molecule has 1 aliphatic carbocycles. The molecule has 0 spiro atoms. The van der Waals surface area contributed by atoms with Crippen LogP contribution in [0.5, 0.6) is 0 Å². The van der Waals surface area contributed by atoms with E-state index in [-0.39, 0.29) is 0 Å². The van der Waals surface area contributed by atoms with Crippen LogP contribution in [0.25, 0.3) is 0 Å². The number of morpholine rings is 1. The van der Waals surface area contributed by atoms with Gasteiger partial charge in [-0.25, -0.2) is 0 Å². The van der Waals surface area contributed by atoms with Crippen molar-refractivity contribution in [3.05, 3.63) is 0 Å². The van der Waals surface area contributed by atoms with Gasteiger partial charge in [-0.2, -0.15) is 0 Å². The minimum absolute atomic E-state index is 0.656. The molecule has 0 aromatic carbocycles. The molecule has 18 heavy (non-hydrogen) atoms. The van der Waals surface area contributed by atoms with Crippen LogP contribution in [-0.4, -0.2) is 49.8 Å². The molecule has 1 saturated heterocycles. The van der Waals surface area contributed by atoms with E-state index >= 15 is 0 Å². The van der Waals surface area contributed by atoms with Gasteiger partial charge >= 0.3 is 0 Å². The van der Waals surface area contributed by atoms with Crippen LogP contribution in [0.4, 0.5) is 0 Å². The van der Waals surface area contributed by atoms with Gasteiger partial charge in [-0.15, -0.1) is 0 Å². The predicted octanol–water partition coefficient (Wildman–Crippen LogP) is 2.27. The smallest absolute Gasteiger partial charge is 0.0622 e. The van der Waals surface area contributed by atoms with Crippen molar-refractivity contribution in [2.24, 2.45) is 5.92 Å². The van der Waals surface area contributed by atoms with Crippen LogP contribution < -0.4 is 5.32 Å². The van der Waals surface area contributed by atoms with Crippen LogP contribution in [0, 0.1) is 5.92 Å². The first-order valence-corrected chi connectivity index (χ1v) is 7.90. The lowest BCUT2D eigenvalue weighted by Crippen LogP contribution is -2.51. The maximum absolute atomic E-state index is 5.61. The zero-order valence-electron chi connectivity index (χ0n) is 12.2. The molecular weight excluding hydrogens is 224 g/mol. The minimum atomic E-state index is 0.656. The summed E-state index contributed by atoms with van der Waals surface area (Å²) in [6.45, 7) is 9.91. The molecule has 2 fully saturated rings. The summed E-state index contributed by atoms with van der Waals surface area (Å²) in [6.07, 6.45) is 6.84. The summed E-state index contributed by atoms with van der Waals surface area (Å²) in [4.78, 5) is 2.68. The van der Waals surface area contributed by atoms with Crippen LogP contribution in [0.1, 0.15) is 46.0 Å². The number of rotatable bonds is 5. The van der Waals surface area contributed by atoms with Crippen molar-refractivity contribution in [3.63, 3.8) is 0 Å². The molecule has 3 unspecified atom stereocenters. The van der Waals surface area contributed by atoms with E-state index in [1.807, 2.05) is 0 Å². The summed E-state index contributed by atoms with van der Waals surface area (Å²) in [5.74, 6) is 0.853. The fraction of sp³-hybridized carbons (Fsp3) is 1.00. The van der Waals surface area contributed by atoms with Crippen molar-refractivity contribution in [3.8, 4) is 0 Å². The molecule has 0 aromatic heterocycles. The van der Waals surface area contributed by atoms with Gasteiger partial charge in [0.1, 0.15) is 0 Å². The molecule has 1 aliphatic heterocycles. The second kappa shape index (κ2) is 7.46. The van der Waals surface area contributed by atoms with Crippen LogP contribution in [0.15, 0.2) is 0 Å². The van der Waals surface area contributed by atoms with Crippen molar-refractivity contribution < 1.29 is 4.74 Å². The minimum Gasteiger partial charge on any atom is -0.378 e. The molecule has 0 aromatic rings. The molecule has 2 rings (SSSR count). The summed E-state index contributed by atoms with van der Waals surface area (Å²) < 4.78 is 5.61. The first kappa shape index (κ1) is 14.3. The van der Waals surface area contributed by atoms with Gasteiger partial charge in [0, 0.05) is 25.2 Å². The van der Waals surface area contributed by atoms with E-state index in [9.17, 15) is 0 Å². The first-order chi connectivity index (χ1) is 8.85. The SMILES string of the molecule is CCNC1CCCCC1CN1CCOCC1CC. The van der Waals surface area contributed by atoms with Gasteiger partial charge in [0.05, 0.1) is 13.2 Å². The lowest BCUT2D eigenvalue weighted by molar-refractivity contribution is -0.0202. The Labute approximate surface area is 112 Å². The Morgan fingerprint density at radius 1 is 1.22 bits per heavy atom. The number of nitrogens with one attached hydrogen (secondary N) is 1. The second-order valence-corrected chi connectivity index (χ2v) is 5.84. The Kier molecular flexibility index (Phi) is 5.93. The van der Waals surface area contributed by atoms with Gasteiger partial charge < -0.3 is 10.1 Å². The molecule has 106 valence electrons. The summed E-state index contributed by atoms with van der Waals surface area (Å²) in [6, 6.07) is 1.41. The van der Waals surface area contributed by atoms with Crippen LogP contribution >= 0.6 is 0 Å². The van der Waals surface area contributed by atoms with Crippen molar-refractivity contribution in [2.45, 2.75) is 58.0 Å². The molecular formula is C15H30N2O. The number of hydrogen-bond acceptors (Lipinski definition) is 3. The van der Waals surface area contributed by atoms with E-state index in [1.165, 1.54) is 38.6 Å². The molecule has 0 amide bonds. The molecule has 2 aliphatic rings. The van der Waals surface area contributed by atoms with Crippen LogP contribution in [0.2, 0.25) is 0 Å². The summed E-state index contributed by atoms with van der Waals surface area (Å²) in [7, 11) is 0. The van der Waals surface area contributed by atoms with Gasteiger partial charge in [-0.05, 0) is 31.7 Å². The van der Waals surface area contributed by atoms with Crippen molar-refractivity contribution in [1.29, 1.82) is 0 Å². The number of ether oxygens (including phenoxy) is 1. The maximum Gasteiger partial charge on any atom is 0.0622 e. The van der Waals surface area contributed by atoms with E-state index in [1.54, 1.807) is 0 Å². The van der Waals surface area contributed by atoms with Crippen molar-refractivity contribution >= 4 is 0 Å². The Morgan fingerprint density at radius 3 is 2.83 bits per heavy atom. The largest absolute Gasteiger partial charge is 0.378 e. The van der Waals surface area contributed by atoms with E-state index < -0.39 is 0 Å². The average molecular weight is 254 g/mol. The van der Waals surface area contributed by atoms with Crippen LogP contribution in [0.3, 0.4) is 0 Å². The summed E-state index contributed by atoms with van der Waals surface area (Å²) in [5, 5.41) is 3.70. The molecule has 0 radical (unpaired) electrons. The zero-order valence-corrected chi connectivity index (χ0v) is 12.2. The van der Waals surface area contributed by atoms with Gasteiger partial charge in [-0.1, -0.05) is 26.7 Å². The highest BCUT2D eigenvalue weighted by Crippen LogP contribution is 2.26. The average Bonchev–Trinajstić information content (AvgIpc) is 2.42. The van der Waals surface area contributed by atoms with Gasteiger partial charge in [0.2, 0.25) is 0 Å². The molecule has 3 nitrogen and oxygen atoms in total. The Morgan fingerprint density at radius 2 is 2.06 bits per heavy atom. The van der Waals surface area contributed by atoms with E-state index in [4.69, 9.17) is 4.74 Å². The Bertz CT molecular complexity index is 233. The Balaban J connectivity index is 1.88. The molecule has 1 N–H and O–H groups in total. The molecule has 3 atom stereocenters. The van der Waals surface area contributed by atoms with Crippen molar-refractivity contribution in [1.82, 2.24) is 10.2 Å². The normalized spacial score (nSPS) is 34.7. The highest BCUT2D eigenvalue weighted by Gasteiger charge is 2.29. The van der Waals surface area contributed by atoms with Crippen molar-refractivity contribution in [2.75, 3.05) is 32.8 Å². The highest BCUT2D eigenvalue weighted by molar-refractivity contribution is 4.85. The highest BCUT2D eigenvalue weighted by atomic mass is 16.5. The zero-order chi connectivity index (χ0) is 12.8. The fourth-order valence-electron chi connectivity index (χ4n) is 3.56. The Hall–Kier alpha value is -0.120. The predicted molar refractivity (Wildman–Crippen MR) is 75.9 cm³/mol. The van der Waals surface area contributed by atoms with Crippen LogP contribution in [-0.2, 0) is 4.74 Å². The monoisotopic (exact) mass is 254 g/mol. The number of nitrogens with zero attached hydrogens (tertiary/aromatic N) is 1. The van der Waals surface area contributed by atoms with Gasteiger partial charge in [-0.3, -0.25) is 4.90 Å². The standard InChI is InChI=1S/C15H30N2O/c1-3-14-12-18-10-9-17(14)11-13-7-5-6-8-15(13)16-4-2/h13-16H,3-12H2,1-2H3. The summed E-state index contributed by atoms with van der Waals surface area (Å²) in [5.41, 5.74) is 0. The number of hydrogen-bond donors (Lipinski definition) is 1. The summed E-state index contributed by atoms with van der Waals surface area (Å²) >= 11 is 0.